The third kappa shape index (κ3) is 6.45. The number of rotatable bonds is 6. The minimum Gasteiger partial charge on any atom is -0.0885 e. The van der Waals surface area contributed by atoms with Crippen molar-refractivity contribution in [1.29, 1.82) is 0 Å². The van der Waals surface area contributed by atoms with Crippen LogP contribution < -0.4 is 0 Å². The molecular weight excluding hydrogens is 144 g/mol. The van der Waals surface area contributed by atoms with E-state index >= 15 is 0 Å². The molecule has 0 N–H and O–H groups in total. The molecule has 0 heteroatoms. The van der Waals surface area contributed by atoms with Crippen LogP contribution in [0.4, 0.5) is 0 Å². The molecule has 0 unspecified atom stereocenters. The van der Waals surface area contributed by atoms with Crippen LogP contribution in [0.25, 0.3) is 0 Å². The molecule has 0 aliphatic rings. The maximum atomic E-state index is 2.30. The highest BCUT2D eigenvalue weighted by Crippen LogP contribution is 2.15. The summed E-state index contributed by atoms with van der Waals surface area (Å²) in [5, 5.41) is 0. The average Bonchev–Trinajstić information content (AvgIpc) is 2.02. The summed E-state index contributed by atoms with van der Waals surface area (Å²) in [5.41, 5.74) is 1.65. The maximum Gasteiger partial charge on any atom is -0.0320 e. The second-order valence-electron chi connectivity index (χ2n) is 3.98. The molecule has 0 aromatic rings. The first kappa shape index (κ1) is 11.7. The first-order chi connectivity index (χ1) is 5.70. The zero-order valence-corrected chi connectivity index (χ0v) is 9.19. The number of hydrogen-bond acceptors (Lipinski definition) is 0. The van der Waals surface area contributed by atoms with Gasteiger partial charge in [0.15, 0.2) is 0 Å². The molecule has 0 bridgehead atoms. The van der Waals surface area contributed by atoms with Gasteiger partial charge in [-0.1, -0.05) is 45.3 Å². The number of allylic oxidation sites excluding steroid dienone is 2. The lowest BCUT2D eigenvalue weighted by Gasteiger charge is -2.06. The van der Waals surface area contributed by atoms with Crippen LogP contribution in [0.1, 0.15) is 59.8 Å². The molecule has 0 spiro atoms. The fraction of sp³-hybridized carbons (Fsp3) is 0.833. The quantitative estimate of drug-likeness (QED) is 0.510. The average molecular weight is 168 g/mol. The fourth-order valence-electron chi connectivity index (χ4n) is 1.47. The molecule has 0 nitrogen and oxygen atoms in total. The van der Waals surface area contributed by atoms with Crippen molar-refractivity contribution in [1.82, 2.24) is 0 Å². The van der Waals surface area contributed by atoms with Crippen LogP contribution in [0, 0.1) is 5.92 Å². The molecule has 0 amide bonds. The van der Waals surface area contributed by atoms with E-state index in [0.29, 0.717) is 0 Å². The van der Waals surface area contributed by atoms with Crippen molar-refractivity contribution >= 4 is 0 Å². The first-order valence-electron chi connectivity index (χ1n) is 5.34. The third-order valence-electron chi connectivity index (χ3n) is 2.26. The van der Waals surface area contributed by atoms with Gasteiger partial charge in [-0.25, -0.2) is 0 Å². The second-order valence-corrected chi connectivity index (χ2v) is 3.98. The minimum atomic E-state index is 0.865. The van der Waals surface area contributed by atoms with Gasteiger partial charge in [0.25, 0.3) is 0 Å². The smallest absolute Gasteiger partial charge is 0.0320 e. The molecule has 0 fully saturated rings. The van der Waals surface area contributed by atoms with Gasteiger partial charge in [0.1, 0.15) is 0 Å². The van der Waals surface area contributed by atoms with E-state index < -0.39 is 0 Å². The zero-order chi connectivity index (χ0) is 9.40. The van der Waals surface area contributed by atoms with Crippen molar-refractivity contribution in [2.24, 2.45) is 5.92 Å². The lowest BCUT2D eigenvalue weighted by atomic mass is 10.00. The Hall–Kier alpha value is -0.260. The highest BCUT2D eigenvalue weighted by atomic mass is 14.0. The molecule has 0 aliphatic carbocycles. The number of hydrogen-bond donors (Lipinski definition) is 0. The topological polar surface area (TPSA) is 0 Å². The molecule has 0 radical (unpaired) electrons. The third-order valence-corrected chi connectivity index (χ3v) is 2.26. The summed E-state index contributed by atoms with van der Waals surface area (Å²) in [4.78, 5) is 0. The van der Waals surface area contributed by atoms with Crippen molar-refractivity contribution in [3.05, 3.63) is 11.6 Å². The van der Waals surface area contributed by atoms with Crippen LogP contribution in [0.3, 0.4) is 0 Å². The van der Waals surface area contributed by atoms with E-state index in [2.05, 4.69) is 33.8 Å². The van der Waals surface area contributed by atoms with E-state index in [1.165, 1.54) is 32.1 Å². The summed E-state index contributed by atoms with van der Waals surface area (Å²) in [6, 6.07) is 0. The molecule has 12 heavy (non-hydrogen) atoms. The molecule has 0 aliphatic heterocycles. The van der Waals surface area contributed by atoms with Crippen molar-refractivity contribution in [2.75, 3.05) is 0 Å². The Bertz CT molecular complexity index is 120. The Kier molecular flexibility index (Phi) is 7.23. The Morgan fingerprint density at radius 1 is 1.25 bits per heavy atom. The van der Waals surface area contributed by atoms with E-state index in [4.69, 9.17) is 0 Å². The predicted octanol–water partition coefficient (Wildman–Crippen LogP) is 4.56. The van der Waals surface area contributed by atoms with Gasteiger partial charge in [0.05, 0.1) is 0 Å². The van der Waals surface area contributed by atoms with Gasteiger partial charge in [0.2, 0.25) is 0 Å². The van der Waals surface area contributed by atoms with Crippen molar-refractivity contribution in [3.8, 4) is 0 Å². The summed E-state index contributed by atoms with van der Waals surface area (Å²) in [7, 11) is 0. The molecule has 0 saturated carbocycles. The maximum absolute atomic E-state index is 2.30. The van der Waals surface area contributed by atoms with Crippen LogP contribution in [0.5, 0.6) is 0 Å². The summed E-state index contributed by atoms with van der Waals surface area (Å²) in [6.07, 6.45) is 8.96. The molecule has 0 saturated heterocycles. The van der Waals surface area contributed by atoms with Crippen molar-refractivity contribution in [3.63, 3.8) is 0 Å². The second kappa shape index (κ2) is 7.39. The van der Waals surface area contributed by atoms with Crippen LogP contribution in [-0.2, 0) is 0 Å². The molecule has 0 aromatic carbocycles. The summed E-state index contributed by atoms with van der Waals surface area (Å²) in [5.74, 6) is 0.865. The molecule has 0 rings (SSSR count). The van der Waals surface area contributed by atoms with Gasteiger partial charge in [-0.2, -0.15) is 0 Å². The fourth-order valence-corrected chi connectivity index (χ4v) is 1.47. The molecule has 0 heterocycles. The molecule has 72 valence electrons. The standard InChI is InChI=1S/C12H24/c1-5-8-12(6-2)10-7-9-11(3)4/h6,11H,5,7-10H2,1-4H3. The predicted molar refractivity (Wildman–Crippen MR) is 57.4 cm³/mol. The lowest BCUT2D eigenvalue weighted by Crippen LogP contribution is -1.89. The van der Waals surface area contributed by atoms with E-state index in [-0.39, 0.29) is 0 Å². The SMILES string of the molecule is CC=C(CCC)CCCC(C)C. The highest BCUT2D eigenvalue weighted by Gasteiger charge is 1.97. The Morgan fingerprint density at radius 2 is 1.92 bits per heavy atom. The van der Waals surface area contributed by atoms with Gasteiger partial charge in [-0.15, -0.1) is 0 Å². The van der Waals surface area contributed by atoms with Crippen LogP contribution in [0.2, 0.25) is 0 Å². The van der Waals surface area contributed by atoms with Gasteiger partial charge < -0.3 is 0 Å². The Labute approximate surface area is 78.1 Å². The van der Waals surface area contributed by atoms with Crippen molar-refractivity contribution < 1.29 is 0 Å². The normalized spacial score (nSPS) is 12.6. The van der Waals surface area contributed by atoms with Gasteiger partial charge >= 0.3 is 0 Å². The van der Waals surface area contributed by atoms with Crippen LogP contribution in [-0.4, -0.2) is 0 Å². The van der Waals surface area contributed by atoms with Gasteiger partial charge in [-0.3, -0.25) is 0 Å². The minimum absolute atomic E-state index is 0.865. The summed E-state index contributed by atoms with van der Waals surface area (Å²) < 4.78 is 0. The Balaban J connectivity index is 3.46. The van der Waals surface area contributed by atoms with E-state index in [1.807, 2.05) is 0 Å². The van der Waals surface area contributed by atoms with Gasteiger partial charge in [-0.05, 0) is 32.1 Å². The summed E-state index contributed by atoms with van der Waals surface area (Å²) >= 11 is 0. The first-order valence-corrected chi connectivity index (χ1v) is 5.34. The van der Waals surface area contributed by atoms with Crippen molar-refractivity contribution in [2.45, 2.75) is 59.8 Å². The monoisotopic (exact) mass is 168 g/mol. The van der Waals surface area contributed by atoms with Gasteiger partial charge in [0, 0.05) is 0 Å². The van der Waals surface area contributed by atoms with E-state index in [9.17, 15) is 0 Å². The van der Waals surface area contributed by atoms with Crippen LogP contribution in [0.15, 0.2) is 11.6 Å². The highest BCUT2D eigenvalue weighted by molar-refractivity contribution is 4.99. The molecule has 0 atom stereocenters. The summed E-state index contributed by atoms with van der Waals surface area (Å²) in [6.45, 7) is 9.02. The van der Waals surface area contributed by atoms with E-state index in [1.54, 1.807) is 5.57 Å². The van der Waals surface area contributed by atoms with Crippen LogP contribution >= 0.6 is 0 Å². The molecular formula is C12H24. The Morgan fingerprint density at radius 3 is 2.33 bits per heavy atom. The largest absolute Gasteiger partial charge is 0.0885 e. The molecule has 0 aromatic heterocycles. The zero-order valence-electron chi connectivity index (χ0n) is 9.19. The lowest BCUT2D eigenvalue weighted by molar-refractivity contribution is 0.550. The van der Waals surface area contributed by atoms with E-state index in [0.717, 1.165) is 5.92 Å².